The van der Waals surface area contributed by atoms with Crippen LogP contribution in [0, 0.1) is 0 Å². The molecule has 0 atom stereocenters. The highest BCUT2D eigenvalue weighted by Crippen LogP contribution is 2.28. The van der Waals surface area contributed by atoms with E-state index in [1.54, 1.807) is 0 Å². The molecule has 1 heterocycles. The maximum Gasteiger partial charge on any atom is 0.329 e. The minimum Gasteiger partial charge on any atom is -0.480 e. The SMILES string of the molecule is CC(C)(CC(=O)NC1(C(=O)O)CCOCC1)c1ccccc1. The highest BCUT2D eigenvalue weighted by molar-refractivity contribution is 5.87. The molecule has 120 valence electrons. The van der Waals surface area contributed by atoms with Crippen molar-refractivity contribution in [2.45, 2.75) is 44.1 Å². The van der Waals surface area contributed by atoms with Gasteiger partial charge in [-0.2, -0.15) is 0 Å². The molecular weight excluding hydrogens is 282 g/mol. The summed E-state index contributed by atoms with van der Waals surface area (Å²) in [5, 5.41) is 12.2. The van der Waals surface area contributed by atoms with E-state index in [4.69, 9.17) is 4.74 Å². The molecule has 22 heavy (non-hydrogen) atoms. The van der Waals surface area contributed by atoms with Crippen molar-refractivity contribution in [2.24, 2.45) is 0 Å². The first-order valence-electron chi connectivity index (χ1n) is 7.53. The topological polar surface area (TPSA) is 75.6 Å². The highest BCUT2D eigenvalue weighted by atomic mass is 16.5. The molecule has 1 amide bonds. The van der Waals surface area contributed by atoms with Crippen molar-refractivity contribution in [3.63, 3.8) is 0 Å². The molecule has 1 aromatic rings. The fraction of sp³-hybridized carbons (Fsp3) is 0.529. The van der Waals surface area contributed by atoms with Crippen molar-refractivity contribution in [2.75, 3.05) is 13.2 Å². The van der Waals surface area contributed by atoms with Crippen LogP contribution >= 0.6 is 0 Å². The van der Waals surface area contributed by atoms with Crippen LogP contribution in [-0.4, -0.2) is 35.7 Å². The highest BCUT2D eigenvalue weighted by Gasteiger charge is 2.42. The number of nitrogens with one attached hydrogen (secondary N) is 1. The van der Waals surface area contributed by atoms with Crippen LogP contribution in [0.3, 0.4) is 0 Å². The minimum absolute atomic E-state index is 0.238. The lowest BCUT2D eigenvalue weighted by atomic mass is 9.80. The molecule has 5 nitrogen and oxygen atoms in total. The van der Waals surface area contributed by atoms with Crippen LogP contribution in [0.5, 0.6) is 0 Å². The zero-order chi connectivity index (χ0) is 16.2. The van der Waals surface area contributed by atoms with Gasteiger partial charge in [0.15, 0.2) is 0 Å². The molecule has 1 fully saturated rings. The lowest BCUT2D eigenvalue weighted by Crippen LogP contribution is -2.58. The van der Waals surface area contributed by atoms with Crippen molar-refractivity contribution >= 4 is 11.9 Å². The third-order valence-electron chi connectivity index (χ3n) is 4.29. The molecule has 0 aliphatic carbocycles. The number of ether oxygens (including phenoxy) is 1. The van der Waals surface area contributed by atoms with Gasteiger partial charge in [-0.25, -0.2) is 4.79 Å². The number of amides is 1. The Morgan fingerprint density at radius 1 is 1.23 bits per heavy atom. The number of rotatable bonds is 5. The molecular formula is C17H23NO4. The molecule has 0 unspecified atom stereocenters. The average Bonchev–Trinajstić information content (AvgIpc) is 2.48. The largest absolute Gasteiger partial charge is 0.480 e. The molecule has 5 heteroatoms. The van der Waals surface area contributed by atoms with Crippen LogP contribution in [0.1, 0.15) is 38.7 Å². The Kier molecular flexibility index (Phi) is 4.86. The molecule has 0 saturated carbocycles. The number of hydrogen-bond acceptors (Lipinski definition) is 3. The van der Waals surface area contributed by atoms with E-state index in [9.17, 15) is 14.7 Å². The van der Waals surface area contributed by atoms with Crippen molar-refractivity contribution in [1.82, 2.24) is 5.32 Å². The predicted molar refractivity (Wildman–Crippen MR) is 82.6 cm³/mol. The molecule has 0 spiro atoms. The fourth-order valence-electron chi connectivity index (χ4n) is 2.82. The summed E-state index contributed by atoms with van der Waals surface area (Å²) < 4.78 is 5.21. The standard InChI is InChI=1S/C17H23NO4/c1-16(2,13-6-4-3-5-7-13)12-14(19)18-17(15(20)21)8-10-22-11-9-17/h3-7H,8-12H2,1-2H3,(H,18,19)(H,20,21). The number of aliphatic carboxylic acids is 1. The van der Waals surface area contributed by atoms with Gasteiger partial charge in [-0.15, -0.1) is 0 Å². The Balaban J connectivity index is 2.07. The maximum absolute atomic E-state index is 12.4. The zero-order valence-electron chi connectivity index (χ0n) is 13.1. The Hall–Kier alpha value is -1.88. The van der Waals surface area contributed by atoms with Gasteiger partial charge in [-0.1, -0.05) is 44.2 Å². The summed E-state index contributed by atoms with van der Waals surface area (Å²) in [6.07, 6.45) is 0.854. The first-order valence-corrected chi connectivity index (χ1v) is 7.53. The van der Waals surface area contributed by atoms with Crippen molar-refractivity contribution in [3.8, 4) is 0 Å². The number of carboxylic acid groups (broad SMARTS) is 1. The van der Waals surface area contributed by atoms with Gasteiger partial charge in [0, 0.05) is 32.5 Å². The average molecular weight is 305 g/mol. The summed E-state index contributed by atoms with van der Waals surface area (Å²) in [5.74, 6) is -1.22. The van der Waals surface area contributed by atoms with E-state index in [1.165, 1.54) is 0 Å². The first kappa shape index (κ1) is 16.5. The molecule has 1 aromatic carbocycles. The van der Waals surface area contributed by atoms with Gasteiger partial charge in [0.05, 0.1) is 0 Å². The number of carbonyl (C=O) groups is 2. The quantitative estimate of drug-likeness (QED) is 0.873. The third kappa shape index (κ3) is 3.65. The summed E-state index contributed by atoms with van der Waals surface area (Å²) in [6, 6.07) is 9.77. The predicted octanol–water partition coefficient (Wildman–Crippen LogP) is 2.10. The monoisotopic (exact) mass is 305 g/mol. The van der Waals surface area contributed by atoms with Crippen LogP contribution in [-0.2, 0) is 19.7 Å². The van der Waals surface area contributed by atoms with Gasteiger partial charge >= 0.3 is 5.97 Å². The second-order valence-corrected chi connectivity index (χ2v) is 6.47. The second-order valence-electron chi connectivity index (χ2n) is 6.47. The van der Waals surface area contributed by atoms with E-state index < -0.39 is 11.5 Å². The van der Waals surface area contributed by atoms with Gasteiger partial charge in [0.2, 0.25) is 5.91 Å². The summed E-state index contributed by atoms with van der Waals surface area (Å²) in [7, 11) is 0. The van der Waals surface area contributed by atoms with Crippen LogP contribution in [0.25, 0.3) is 0 Å². The summed E-state index contributed by atoms with van der Waals surface area (Å²) >= 11 is 0. The van der Waals surface area contributed by atoms with Crippen molar-refractivity contribution in [3.05, 3.63) is 35.9 Å². The van der Waals surface area contributed by atoms with Crippen LogP contribution in [0.2, 0.25) is 0 Å². The number of carbonyl (C=O) groups excluding carboxylic acids is 1. The Morgan fingerprint density at radius 2 is 1.82 bits per heavy atom. The molecule has 0 aromatic heterocycles. The zero-order valence-corrected chi connectivity index (χ0v) is 13.1. The maximum atomic E-state index is 12.4. The molecule has 2 rings (SSSR count). The van der Waals surface area contributed by atoms with E-state index in [0.717, 1.165) is 5.56 Å². The van der Waals surface area contributed by atoms with Crippen LogP contribution in [0.4, 0.5) is 0 Å². The van der Waals surface area contributed by atoms with Crippen molar-refractivity contribution in [1.29, 1.82) is 0 Å². The molecule has 0 radical (unpaired) electrons. The van der Waals surface area contributed by atoms with Gasteiger partial charge in [0.1, 0.15) is 5.54 Å². The fourth-order valence-corrected chi connectivity index (χ4v) is 2.82. The Bertz CT molecular complexity index is 533. The first-order chi connectivity index (χ1) is 10.4. The number of carboxylic acids is 1. The Labute approximate surface area is 130 Å². The summed E-state index contributed by atoms with van der Waals surface area (Å²) in [6.45, 7) is 4.68. The van der Waals surface area contributed by atoms with E-state index in [2.05, 4.69) is 5.32 Å². The smallest absolute Gasteiger partial charge is 0.329 e. The lowest BCUT2D eigenvalue weighted by Gasteiger charge is -2.35. The summed E-state index contributed by atoms with van der Waals surface area (Å²) in [5.41, 5.74) is -0.486. The molecule has 1 aliphatic heterocycles. The van der Waals surface area contributed by atoms with E-state index in [0.29, 0.717) is 26.1 Å². The normalized spacial score (nSPS) is 17.7. The van der Waals surface area contributed by atoms with E-state index >= 15 is 0 Å². The molecule has 1 saturated heterocycles. The van der Waals surface area contributed by atoms with Gasteiger partial charge in [-0.3, -0.25) is 4.79 Å². The molecule has 1 aliphatic rings. The van der Waals surface area contributed by atoms with Gasteiger partial charge in [-0.05, 0) is 11.0 Å². The number of benzene rings is 1. The van der Waals surface area contributed by atoms with Crippen molar-refractivity contribution < 1.29 is 19.4 Å². The van der Waals surface area contributed by atoms with Gasteiger partial charge in [0.25, 0.3) is 0 Å². The minimum atomic E-state index is -1.19. The van der Waals surface area contributed by atoms with E-state index in [1.807, 2.05) is 44.2 Å². The van der Waals surface area contributed by atoms with Crippen LogP contribution in [0.15, 0.2) is 30.3 Å². The molecule has 2 N–H and O–H groups in total. The third-order valence-corrected chi connectivity index (χ3v) is 4.29. The lowest BCUT2D eigenvalue weighted by molar-refractivity contribution is -0.152. The van der Waals surface area contributed by atoms with E-state index in [-0.39, 0.29) is 17.7 Å². The molecule has 0 bridgehead atoms. The number of hydrogen-bond donors (Lipinski definition) is 2. The Morgan fingerprint density at radius 3 is 2.36 bits per heavy atom. The summed E-state index contributed by atoms with van der Waals surface area (Å²) in [4.78, 5) is 24.0. The second kappa shape index (κ2) is 6.48. The van der Waals surface area contributed by atoms with Crippen LogP contribution < -0.4 is 5.32 Å². The van der Waals surface area contributed by atoms with Gasteiger partial charge < -0.3 is 15.2 Å².